The Morgan fingerprint density at radius 3 is 2.33 bits per heavy atom. The highest BCUT2D eigenvalue weighted by molar-refractivity contribution is 5.97. The van der Waals surface area contributed by atoms with Crippen LogP contribution < -0.4 is 16.4 Å². The molecule has 0 aliphatic heterocycles. The first kappa shape index (κ1) is 37.2. The lowest BCUT2D eigenvalue weighted by Crippen LogP contribution is -2.47. The van der Waals surface area contributed by atoms with Crippen LogP contribution in [0.15, 0.2) is 48.7 Å². The maximum atomic E-state index is 13.6. The van der Waals surface area contributed by atoms with Crippen molar-refractivity contribution in [2.45, 2.75) is 91.7 Å². The van der Waals surface area contributed by atoms with Crippen molar-refractivity contribution in [1.29, 1.82) is 0 Å². The van der Waals surface area contributed by atoms with Crippen LogP contribution in [0.5, 0.6) is 0 Å². The average molecular weight is 620 g/mol. The summed E-state index contributed by atoms with van der Waals surface area (Å²) in [6.45, 7) is 10.9. The number of rotatable bonds is 19. The Morgan fingerprint density at radius 1 is 1.00 bits per heavy atom. The van der Waals surface area contributed by atoms with Crippen LogP contribution in [0.1, 0.15) is 90.0 Å². The minimum absolute atomic E-state index is 0.0411. The molecule has 9 nitrogen and oxygen atoms in total. The van der Waals surface area contributed by atoms with Gasteiger partial charge in [-0.15, -0.1) is 0 Å². The fourth-order valence-corrected chi connectivity index (χ4v) is 4.98. The topological polar surface area (TPSA) is 127 Å². The quantitative estimate of drug-likeness (QED) is 0.160. The van der Waals surface area contributed by atoms with Crippen molar-refractivity contribution in [3.05, 3.63) is 65.5 Å². The van der Waals surface area contributed by atoms with E-state index < -0.39 is 12.0 Å². The number of carbonyl (C=O) groups excluding carboxylic acids is 3. The zero-order valence-corrected chi connectivity index (χ0v) is 28.0. The van der Waals surface area contributed by atoms with E-state index in [-0.39, 0.29) is 30.2 Å². The van der Waals surface area contributed by atoms with Crippen molar-refractivity contribution in [1.82, 2.24) is 15.2 Å². The number of methoxy groups -OCH3 is 1. The Kier molecular flexibility index (Phi) is 16.6. The van der Waals surface area contributed by atoms with E-state index in [1.807, 2.05) is 75.1 Å². The molecular weight excluding hydrogens is 566 g/mol. The lowest BCUT2D eigenvalue weighted by molar-refractivity contribution is -0.135. The van der Waals surface area contributed by atoms with Gasteiger partial charge in [0.05, 0.1) is 30.1 Å². The van der Waals surface area contributed by atoms with Gasteiger partial charge in [-0.25, -0.2) is 0 Å². The summed E-state index contributed by atoms with van der Waals surface area (Å²) in [5.41, 5.74) is 9.55. The van der Waals surface area contributed by atoms with Gasteiger partial charge in [0, 0.05) is 43.8 Å². The molecule has 0 saturated carbocycles. The maximum Gasteiger partial charge on any atom is 0.247 e. The first-order valence-corrected chi connectivity index (χ1v) is 16.2. The number of amides is 3. The summed E-state index contributed by atoms with van der Waals surface area (Å²) in [4.78, 5) is 46.5. The van der Waals surface area contributed by atoms with Crippen LogP contribution in [-0.2, 0) is 25.5 Å². The van der Waals surface area contributed by atoms with E-state index in [9.17, 15) is 14.4 Å². The molecule has 1 heterocycles. The van der Waals surface area contributed by atoms with Gasteiger partial charge in [0.25, 0.3) is 0 Å². The number of nitrogens with two attached hydrogens (primary N) is 1. The second kappa shape index (κ2) is 20.1. The third kappa shape index (κ3) is 12.9. The number of benzene rings is 1. The monoisotopic (exact) mass is 619 g/mol. The van der Waals surface area contributed by atoms with Gasteiger partial charge < -0.3 is 26.0 Å². The normalized spacial score (nSPS) is 13.5. The van der Waals surface area contributed by atoms with Crippen molar-refractivity contribution in [2.75, 3.05) is 31.2 Å². The number of hydrogen-bond acceptors (Lipinski definition) is 6. The van der Waals surface area contributed by atoms with E-state index in [4.69, 9.17) is 10.5 Å². The number of nitrogen functional groups attached to an aromatic ring is 1. The average Bonchev–Trinajstić information content (AvgIpc) is 3.02. The first-order valence-electron chi connectivity index (χ1n) is 16.2. The summed E-state index contributed by atoms with van der Waals surface area (Å²) >= 11 is 0. The van der Waals surface area contributed by atoms with Crippen molar-refractivity contribution in [3.8, 4) is 0 Å². The molecule has 2 unspecified atom stereocenters. The lowest BCUT2D eigenvalue weighted by Gasteiger charge is -2.26. The van der Waals surface area contributed by atoms with Gasteiger partial charge in [-0.2, -0.15) is 0 Å². The predicted molar refractivity (Wildman–Crippen MR) is 184 cm³/mol. The molecule has 0 aliphatic carbocycles. The number of nitrogens with one attached hydrogen (secondary N) is 2. The van der Waals surface area contributed by atoms with Gasteiger partial charge in [-0.1, -0.05) is 64.0 Å². The summed E-state index contributed by atoms with van der Waals surface area (Å²) in [6.07, 6.45) is 14.0. The fourth-order valence-electron chi connectivity index (χ4n) is 4.98. The summed E-state index contributed by atoms with van der Waals surface area (Å²) in [6, 6.07) is 8.28. The Morgan fingerprint density at radius 2 is 1.71 bits per heavy atom. The SMILES string of the molecule is C/C=C\c1cc(NC(=O)[C@H](Cc2ccc(N)cc2)NC(=O)C(C)CCN(CCC)C(=O)CC(CCCC)OC)cnc1/C=C\C. The van der Waals surface area contributed by atoms with Gasteiger partial charge in [0.1, 0.15) is 6.04 Å². The number of carbonyl (C=O) groups is 3. The molecule has 1 aromatic heterocycles. The molecule has 0 radical (unpaired) electrons. The zero-order valence-electron chi connectivity index (χ0n) is 28.0. The fraction of sp³-hybridized carbons (Fsp3) is 0.500. The predicted octanol–water partition coefficient (Wildman–Crippen LogP) is 6.26. The van der Waals surface area contributed by atoms with Gasteiger partial charge in [0.2, 0.25) is 17.7 Å². The van der Waals surface area contributed by atoms with E-state index in [2.05, 4.69) is 22.5 Å². The van der Waals surface area contributed by atoms with Gasteiger partial charge in [0.15, 0.2) is 0 Å². The van der Waals surface area contributed by atoms with Gasteiger partial charge in [-0.3, -0.25) is 19.4 Å². The molecule has 0 saturated heterocycles. The molecule has 3 amide bonds. The molecule has 2 rings (SSSR count). The third-order valence-corrected chi connectivity index (χ3v) is 7.68. The number of anilines is 2. The van der Waals surface area contributed by atoms with Gasteiger partial charge in [-0.05, 0) is 62.9 Å². The number of nitrogens with zero attached hydrogens (tertiary/aromatic N) is 2. The molecule has 246 valence electrons. The maximum absolute atomic E-state index is 13.6. The molecule has 9 heteroatoms. The number of allylic oxidation sites excluding steroid dienone is 2. The lowest BCUT2D eigenvalue weighted by atomic mass is 10.0. The van der Waals surface area contributed by atoms with Gasteiger partial charge >= 0.3 is 0 Å². The number of hydrogen-bond donors (Lipinski definition) is 3. The van der Waals surface area contributed by atoms with E-state index in [0.29, 0.717) is 37.3 Å². The van der Waals surface area contributed by atoms with Crippen LogP contribution >= 0.6 is 0 Å². The highest BCUT2D eigenvalue weighted by Crippen LogP contribution is 2.18. The molecular formula is C36H53N5O4. The highest BCUT2D eigenvalue weighted by atomic mass is 16.5. The van der Waals surface area contributed by atoms with Crippen LogP contribution in [0, 0.1) is 5.92 Å². The number of ether oxygens (including phenoxy) is 1. The van der Waals surface area contributed by atoms with E-state index in [0.717, 1.165) is 42.5 Å². The molecule has 0 spiro atoms. The number of aromatic nitrogens is 1. The zero-order chi connectivity index (χ0) is 33.2. The Balaban J connectivity index is 2.16. The van der Waals surface area contributed by atoms with Crippen LogP contribution in [0.2, 0.25) is 0 Å². The molecule has 0 bridgehead atoms. The van der Waals surface area contributed by atoms with Crippen LogP contribution in [0.3, 0.4) is 0 Å². The third-order valence-electron chi connectivity index (χ3n) is 7.68. The molecule has 4 N–H and O–H groups in total. The van der Waals surface area contributed by atoms with Crippen LogP contribution in [0.25, 0.3) is 12.2 Å². The summed E-state index contributed by atoms with van der Waals surface area (Å²) in [5.74, 6) is -0.970. The summed E-state index contributed by atoms with van der Waals surface area (Å²) in [5, 5.41) is 5.91. The van der Waals surface area contributed by atoms with Crippen molar-refractivity contribution in [2.24, 2.45) is 5.92 Å². The smallest absolute Gasteiger partial charge is 0.247 e. The second-order valence-corrected chi connectivity index (χ2v) is 11.5. The molecule has 3 atom stereocenters. The minimum Gasteiger partial charge on any atom is -0.399 e. The van der Waals surface area contributed by atoms with Crippen molar-refractivity contribution in [3.63, 3.8) is 0 Å². The Labute approximate surface area is 269 Å². The molecule has 0 fully saturated rings. The van der Waals surface area contributed by atoms with Crippen molar-refractivity contribution < 1.29 is 19.1 Å². The van der Waals surface area contributed by atoms with Crippen molar-refractivity contribution >= 4 is 41.2 Å². The second-order valence-electron chi connectivity index (χ2n) is 11.5. The molecule has 0 aliphatic rings. The first-order chi connectivity index (χ1) is 21.6. The highest BCUT2D eigenvalue weighted by Gasteiger charge is 2.26. The minimum atomic E-state index is -0.835. The molecule has 2 aromatic rings. The van der Waals surface area contributed by atoms with Crippen LogP contribution in [-0.4, -0.2) is 60.0 Å². The largest absolute Gasteiger partial charge is 0.399 e. The Bertz CT molecular complexity index is 1270. The standard InChI is InChI=1S/C36H53N5O4/c1-7-11-14-31(45-6)24-34(42)41(20-10-4)21-19-26(5)35(43)40-33(22-27-15-17-29(37)18-16-27)36(44)39-30-23-28(12-8-2)32(13-9-3)38-25-30/h8-9,12-13,15-18,23,25-26,31,33H,7,10-11,14,19-22,24,37H2,1-6H3,(H,39,44)(H,40,43)/b12-8-,13-9-/t26?,31?,33-/m0/s1. The Hall–Kier alpha value is -3.98. The molecule has 45 heavy (non-hydrogen) atoms. The summed E-state index contributed by atoms with van der Waals surface area (Å²) in [7, 11) is 1.65. The van der Waals surface area contributed by atoms with E-state index >= 15 is 0 Å². The van der Waals surface area contributed by atoms with E-state index in [1.165, 1.54) is 0 Å². The van der Waals surface area contributed by atoms with E-state index in [1.54, 1.807) is 25.4 Å². The van der Waals surface area contributed by atoms with Crippen LogP contribution in [0.4, 0.5) is 11.4 Å². The number of unbranched alkanes of at least 4 members (excludes halogenated alkanes) is 1. The number of pyridine rings is 1. The molecule has 1 aromatic carbocycles. The summed E-state index contributed by atoms with van der Waals surface area (Å²) < 4.78 is 5.55.